The average Bonchev–Trinajstić information content (AvgIpc) is 3.02. The summed E-state index contributed by atoms with van der Waals surface area (Å²) in [7, 11) is 0. The minimum atomic E-state index is -0.980. The topological polar surface area (TPSA) is 66.8 Å². The fourth-order valence-electron chi connectivity index (χ4n) is 5.51. The van der Waals surface area contributed by atoms with Crippen LogP contribution in [0.2, 0.25) is 0 Å². The second kappa shape index (κ2) is 23.0. The number of benzene rings is 2. The van der Waals surface area contributed by atoms with Crippen LogP contribution in [0.1, 0.15) is 139 Å². The van der Waals surface area contributed by atoms with Gasteiger partial charge in [-0.15, -0.1) is 11.8 Å². The number of aromatic carboxylic acids is 1. The van der Waals surface area contributed by atoms with Crippen LogP contribution in [-0.2, 0) is 11.2 Å². The molecular formula is C37H57NO4S. The van der Waals surface area contributed by atoms with E-state index in [2.05, 4.69) is 6.92 Å². The zero-order valence-corrected chi connectivity index (χ0v) is 28.0. The van der Waals surface area contributed by atoms with Gasteiger partial charge >= 0.3 is 5.97 Å². The first-order valence-corrected chi connectivity index (χ1v) is 18.2. The molecule has 0 fully saturated rings. The highest BCUT2D eigenvalue weighted by Gasteiger charge is 2.18. The molecule has 0 aliphatic rings. The third-order valence-electron chi connectivity index (χ3n) is 8.16. The third-order valence-corrected chi connectivity index (χ3v) is 8.96. The number of rotatable bonds is 25. The summed E-state index contributed by atoms with van der Waals surface area (Å²) in [4.78, 5) is 27.0. The molecule has 1 amide bonds. The van der Waals surface area contributed by atoms with Crippen LogP contribution in [0.5, 0.6) is 5.75 Å². The largest absolute Gasteiger partial charge is 0.494 e. The maximum absolute atomic E-state index is 13.0. The predicted octanol–water partition coefficient (Wildman–Crippen LogP) is 10.7. The summed E-state index contributed by atoms with van der Waals surface area (Å²) in [5, 5.41) is 9.54. The second-order valence-electron chi connectivity index (χ2n) is 11.6. The molecule has 0 radical (unpaired) electrons. The summed E-state index contributed by atoms with van der Waals surface area (Å²) >= 11 is 1.39. The molecule has 0 aliphatic carbocycles. The zero-order valence-electron chi connectivity index (χ0n) is 27.2. The molecule has 2 aromatic rings. The van der Waals surface area contributed by atoms with Crippen molar-refractivity contribution in [1.29, 1.82) is 0 Å². The number of anilines is 1. The highest BCUT2D eigenvalue weighted by Crippen LogP contribution is 2.27. The number of hydrogen-bond acceptors (Lipinski definition) is 4. The van der Waals surface area contributed by atoms with Crippen molar-refractivity contribution in [3.05, 3.63) is 53.6 Å². The molecule has 5 nitrogen and oxygen atoms in total. The number of carbonyl (C=O) groups is 2. The number of carbonyl (C=O) groups excluding carboxylic acids is 1. The fraction of sp³-hybridized carbons (Fsp3) is 0.622. The van der Waals surface area contributed by atoms with Crippen LogP contribution in [0.15, 0.2) is 47.4 Å². The molecule has 2 aromatic carbocycles. The van der Waals surface area contributed by atoms with E-state index in [0.29, 0.717) is 30.0 Å². The van der Waals surface area contributed by atoms with Crippen molar-refractivity contribution in [2.24, 2.45) is 0 Å². The molecule has 0 heterocycles. The van der Waals surface area contributed by atoms with Gasteiger partial charge in [0.05, 0.1) is 12.2 Å². The van der Waals surface area contributed by atoms with E-state index in [1.54, 1.807) is 17.0 Å². The molecule has 1 N–H and O–H groups in total. The number of ether oxygens (including phenoxy) is 1. The van der Waals surface area contributed by atoms with Crippen molar-refractivity contribution in [2.75, 3.05) is 24.3 Å². The number of carboxylic acids is 1. The Morgan fingerprint density at radius 1 is 0.744 bits per heavy atom. The Kier molecular flexibility index (Phi) is 19.6. The number of hydrogen-bond donors (Lipinski definition) is 1. The van der Waals surface area contributed by atoms with E-state index < -0.39 is 5.97 Å². The quantitative estimate of drug-likeness (QED) is 0.0893. The van der Waals surface area contributed by atoms with Crippen molar-refractivity contribution in [2.45, 2.75) is 134 Å². The molecule has 6 heteroatoms. The van der Waals surface area contributed by atoms with Crippen molar-refractivity contribution in [3.63, 3.8) is 0 Å². The number of thioether (sulfide) groups is 1. The van der Waals surface area contributed by atoms with E-state index in [-0.39, 0.29) is 11.5 Å². The van der Waals surface area contributed by atoms with Crippen LogP contribution in [0, 0.1) is 0 Å². The number of aryl methyl sites for hydroxylation is 1. The van der Waals surface area contributed by atoms with E-state index in [1.807, 2.05) is 43.5 Å². The highest BCUT2D eigenvalue weighted by atomic mass is 32.2. The Balaban J connectivity index is 1.54. The molecule has 0 saturated carbocycles. The van der Waals surface area contributed by atoms with E-state index in [4.69, 9.17) is 4.74 Å². The highest BCUT2D eigenvalue weighted by molar-refractivity contribution is 7.98. The van der Waals surface area contributed by atoms with Gasteiger partial charge in [0.1, 0.15) is 5.75 Å². The van der Waals surface area contributed by atoms with Gasteiger partial charge in [-0.05, 0) is 61.9 Å². The summed E-state index contributed by atoms with van der Waals surface area (Å²) in [5.74, 6) is -0.118. The molecule has 240 valence electrons. The molecule has 0 bridgehead atoms. The zero-order chi connectivity index (χ0) is 31.1. The molecule has 0 unspecified atom stereocenters. The van der Waals surface area contributed by atoms with Crippen molar-refractivity contribution in [3.8, 4) is 5.75 Å². The molecular weight excluding hydrogens is 554 g/mol. The van der Waals surface area contributed by atoms with Gasteiger partial charge in [-0.3, -0.25) is 4.79 Å². The van der Waals surface area contributed by atoms with Gasteiger partial charge in [0.2, 0.25) is 5.91 Å². The van der Waals surface area contributed by atoms with Gasteiger partial charge < -0.3 is 14.7 Å². The summed E-state index contributed by atoms with van der Waals surface area (Å²) in [6.45, 7) is 5.42. The van der Waals surface area contributed by atoms with E-state index in [0.717, 1.165) is 24.3 Å². The van der Waals surface area contributed by atoms with Crippen molar-refractivity contribution < 1.29 is 19.4 Å². The summed E-state index contributed by atoms with van der Waals surface area (Å²) in [6.07, 6.45) is 24.7. The molecule has 0 spiro atoms. The molecule has 0 atom stereocenters. The number of carboxylic acid groups (broad SMARTS) is 1. The average molecular weight is 612 g/mol. The number of amides is 1. The van der Waals surface area contributed by atoms with Crippen LogP contribution < -0.4 is 9.64 Å². The maximum atomic E-state index is 13.0. The molecule has 0 saturated heterocycles. The van der Waals surface area contributed by atoms with E-state index in [9.17, 15) is 14.7 Å². The Hall–Kier alpha value is -2.47. The Labute approximate surface area is 266 Å². The minimum absolute atomic E-state index is 0.0143. The first-order valence-electron chi connectivity index (χ1n) is 16.9. The normalized spacial score (nSPS) is 11.0. The maximum Gasteiger partial charge on any atom is 0.336 e. The monoisotopic (exact) mass is 611 g/mol. The lowest BCUT2D eigenvalue weighted by atomic mass is 10.0. The summed E-state index contributed by atoms with van der Waals surface area (Å²) < 4.78 is 5.94. The first kappa shape index (κ1) is 36.7. The molecule has 43 heavy (non-hydrogen) atoms. The lowest BCUT2D eigenvalue weighted by molar-refractivity contribution is -0.118. The van der Waals surface area contributed by atoms with Gasteiger partial charge in [-0.2, -0.15) is 0 Å². The van der Waals surface area contributed by atoms with Gasteiger partial charge in [0, 0.05) is 23.5 Å². The smallest absolute Gasteiger partial charge is 0.336 e. The lowest BCUT2D eigenvalue weighted by Gasteiger charge is -2.22. The van der Waals surface area contributed by atoms with Crippen molar-refractivity contribution >= 4 is 29.3 Å². The Morgan fingerprint density at radius 2 is 1.28 bits per heavy atom. The van der Waals surface area contributed by atoms with Gasteiger partial charge in [-0.25, -0.2) is 4.79 Å². The van der Waals surface area contributed by atoms with Gasteiger partial charge in [0.15, 0.2) is 0 Å². The van der Waals surface area contributed by atoms with Crippen LogP contribution in [0.3, 0.4) is 0 Å². The number of unbranched alkanes of at least 4 members (excludes halogenated alkanes) is 15. The van der Waals surface area contributed by atoms with Gasteiger partial charge in [0.25, 0.3) is 0 Å². The lowest BCUT2D eigenvalue weighted by Crippen LogP contribution is -2.31. The second-order valence-corrected chi connectivity index (χ2v) is 12.5. The van der Waals surface area contributed by atoms with Crippen LogP contribution in [0.25, 0.3) is 0 Å². The van der Waals surface area contributed by atoms with Crippen molar-refractivity contribution in [1.82, 2.24) is 0 Å². The first-order chi connectivity index (χ1) is 21.0. The number of nitrogens with zero attached hydrogens (tertiary/aromatic N) is 1. The minimum Gasteiger partial charge on any atom is -0.494 e. The summed E-state index contributed by atoms with van der Waals surface area (Å²) in [5.41, 5.74) is 1.94. The Morgan fingerprint density at radius 3 is 1.77 bits per heavy atom. The van der Waals surface area contributed by atoms with Crippen LogP contribution in [0.4, 0.5) is 5.69 Å². The standard InChI is InChI=1S/C37H57NO4S/c1-4-6-7-8-9-10-11-12-13-14-15-16-17-18-19-20-29-42-33-25-21-31(22-26-33)23-28-36(39)38(5-2)32-24-27-35(43-3)34(30-32)37(40)41/h21-22,24-27,30H,4-20,23,28-29H2,1-3H3,(H,40,41). The third kappa shape index (κ3) is 15.2. The van der Waals surface area contributed by atoms with Crippen LogP contribution in [-0.4, -0.2) is 36.4 Å². The molecule has 0 aliphatic heterocycles. The SMILES string of the molecule is CCCCCCCCCCCCCCCCCCOc1ccc(CCC(=O)N(CC)c2ccc(SC)c(C(=O)O)c2)cc1. The Bertz CT molecular complexity index is 1040. The predicted molar refractivity (Wildman–Crippen MR) is 183 cm³/mol. The van der Waals surface area contributed by atoms with Crippen LogP contribution >= 0.6 is 11.8 Å². The van der Waals surface area contributed by atoms with Gasteiger partial charge in [-0.1, -0.05) is 115 Å². The molecule has 2 rings (SSSR count). The summed E-state index contributed by atoms with van der Waals surface area (Å²) in [6, 6.07) is 13.2. The van der Waals surface area contributed by atoms with E-state index in [1.165, 1.54) is 108 Å². The fourth-order valence-corrected chi connectivity index (χ4v) is 6.08. The molecule has 0 aromatic heterocycles. The van der Waals surface area contributed by atoms with E-state index >= 15 is 0 Å².